The fraction of sp³-hybridized carbons (Fsp3) is 0.700. The zero-order valence-corrected chi connectivity index (χ0v) is 25.6. The van der Waals surface area contributed by atoms with Crippen LogP contribution in [0.5, 0.6) is 0 Å². The fourth-order valence-electron chi connectivity index (χ4n) is 7.79. The summed E-state index contributed by atoms with van der Waals surface area (Å²) in [6.45, 7) is 28.3. The number of benzene rings is 1. The average Bonchev–Trinajstić information content (AvgIpc) is 3.08. The van der Waals surface area contributed by atoms with E-state index in [0.717, 1.165) is 9.07 Å². The smallest absolute Gasteiger partial charge is 0.127 e. The second-order valence-electron chi connectivity index (χ2n) is 12.2. The summed E-state index contributed by atoms with van der Waals surface area (Å²) >= 11 is 4.70. The summed E-state index contributed by atoms with van der Waals surface area (Å²) in [6, 6.07) is 13.1. The molecule has 2 unspecified atom stereocenters. The average molecular weight is 502 g/mol. The number of halogens is 1. The molecule has 0 amide bonds. The maximum atomic E-state index is 4.70. The van der Waals surface area contributed by atoms with Gasteiger partial charge in [-0.25, -0.2) is 0 Å². The Morgan fingerprint density at radius 1 is 0.769 bits per heavy atom. The summed E-state index contributed by atoms with van der Waals surface area (Å²) in [5, 5.41) is 2.68. The Balaban J connectivity index is 2.66. The van der Waals surface area contributed by atoms with Gasteiger partial charge in [-0.05, 0) is 15.1 Å². The van der Waals surface area contributed by atoms with Gasteiger partial charge in [-0.15, -0.1) is 15.3 Å². The van der Waals surface area contributed by atoms with Gasteiger partial charge >= 0.3 is 0 Å². The Bertz CT molecular complexity index is 615. The lowest BCUT2D eigenvalue weighted by Gasteiger charge is -2.62. The van der Waals surface area contributed by atoms with Crippen molar-refractivity contribution < 1.29 is 0 Å². The van der Waals surface area contributed by atoms with Gasteiger partial charge in [-0.1, -0.05) is 108 Å². The van der Waals surface area contributed by atoms with Crippen molar-refractivity contribution in [3.63, 3.8) is 0 Å². The molecule has 0 saturated carbocycles. The molecule has 1 aliphatic heterocycles. The maximum absolute atomic E-state index is 4.70. The monoisotopic (exact) mass is 500 g/mol. The Labute approximate surface area is 176 Å². The van der Waals surface area contributed by atoms with E-state index in [4.69, 9.17) is 15.3 Å². The van der Waals surface area contributed by atoms with E-state index >= 15 is 0 Å². The molecule has 1 heterocycles. The van der Waals surface area contributed by atoms with Gasteiger partial charge in [0.15, 0.2) is 0 Å². The van der Waals surface area contributed by atoms with Gasteiger partial charge in [0.05, 0.1) is 8.07 Å². The van der Waals surface area contributed by atoms with Gasteiger partial charge in [0, 0.05) is 24.2 Å². The van der Waals surface area contributed by atoms with E-state index in [9.17, 15) is 0 Å². The van der Waals surface area contributed by atoms with E-state index in [1.807, 2.05) is 0 Å². The molecular formula is C20H41BrSi5. The predicted octanol–water partition coefficient (Wildman–Crippen LogP) is 7.24. The second-order valence-corrected chi connectivity index (χ2v) is 44.1. The molecule has 2 rings (SSSR count). The Morgan fingerprint density at radius 2 is 1.15 bits per heavy atom. The zero-order valence-electron chi connectivity index (χ0n) is 19.0. The topological polar surface area (TPSA) is 0 Å². The lowest BCUT2D eigenvalue weighted by Crippen LogP contribution is -2.73. The highest BCUT2D eigenvalue weighted by Gasteiger charge is 2.79. The van der Waals surface area contributed by atoms with Crippen LogP contribution in [0.25, 0.3) is 0 Å². The van der Waals surface area contributed by atoms with E-state index in [2.05, 4.69) is 102 Å². The predicted molar refractivity (Wildman–Crippen MR) is 140 cm³/mol. The quantitative estimate of drug-likeness (QED) is 0.285. The van der Waals surface area contributed by atoms with Crippen LogP contribution in [0.4, 0.5) is 0 Å². The summed E-state index contributed by atoms with van der Waals surface area (Å²) in [7, 11) is -5.47. The molecule has 1 fully saturated rings. The second kappa shape index (κ2) is 6.66. The lowest BCUT2D eigenvalue weighted by molar-refractivity contribution is 1.22. The molecule has 26 heavy (non-hydrogen) atoms. The van der Waals surface area contributed by atoms with Gasteiger partial charge < -0.3 is 0 Å². The van der Waals surface area contributed by atoms with Crippen LogP contribution < -0.4 is 5.19 Å². The highest BCUT2D eigenvalue weighted by atomic mass is 79.9. The van der Waals surface area contributed by atoms with Crippen LogP contribution in [0.2, 0.25) is 87.1 Å². The summed E-state index contributed by atoms with van der Waals surface area (Å²) in [4.78, 5) is 0. The molecule has 148 valence electrons. The van der Waals surface area contributed by atoms with Gasteiger partial charge in [0.25, 0.3) is 0 Å². The normalized spacial score (nSPS) is 25.3. The molecule has 0 aliphatic carbocycles. The Hall–Kier alpha value is 0.784. The number of rotatable bonds is 6. The SMILES string of the molecule is C[Si](C)(c1ccccc1)C1C[Si]1(Br)C([Si](C)(C)C)([Si](C)(C)C)[Si](C)(C)C. The molecule has 0 spiro atoms. The van der Waals surface area contributed by atoms with Crippen molar-refractivity contribution >= 4 is 59.5 Å². The minimum atomic E-state index is -1.48. The Kier molecular flexibility index (Phi) is 5.90. The molecule has 2 atom stereocenters. The van der Waals surface area contributed by atoms with Gasteiger partial charge in [-0.3, -0.25) is 0 Å². The molecule has 6 heteroatoms. The largest absolute Gasteiger partial charge is 0.129 e. The highest BCUT2D eigenvalue weighted by Crippen LogP contribution is 2.76. The summed E-state index contributed by atoms with van der Waals surface area (Å²) in [5.41, 5.74) is 0. The van der Waals surface area contributed by atoms with Crippen LogP contribution in [0, 0.1) is 0 Å². The molecule has 1 aromatic carbocycles. The van der Waals surface area contributed by atoms with Crippen molar-refractivity contribution in [3.8, 4) is 0 Å². The van der Waals surface area contributed by atoms with Crippen LogP contribution in [0.15, 0.2) is 30.3 Å². The van der Waals surface area contributed by atoms with Gasteiger partial charge in [0.1, 0.15) is 6.69 Å². The minimum Gasteiger partial charge on any atom is -0.127 e. The summed E-state index contributed by atoms with van der Waals surface area (Å²) in [5.74, 6) is 0. The lowest BCUT2D eigenvalue weighted by atomic mass is 10.4. The summed E-state index contributed by atoms with van der Waals surface area (Å²) < 4.78 is 0.726. The molecule has 1 aliphatic rings. The summed E-state index contributed by atoms with van der Waals surface area (Å²) in [6.07, 6.45) is 0. The zero-order chi connectivity index (χ0) is 20.4. The van der Waals surface area contributed by atoms with E-state index in [-0.39, 0.29) is 0 Å². The first-order chi connectivity index (χ1) is 11.4. The van der Waals surface area contributed by atoms with Crippen LogP contribution in [0.3, 0.4) is 0 Å². The van der Waals surface area contributed by atoms with Crippen LogP contribution in [0.1, 0.15) is 0 Å². The van der Waals surface area contributed by atoms with Crippen molar-refractivity contribution in [1.29, 1.82) is 0 Å². The first-order valence-corrected chi connectivity index (χ1v) is 28.3. The van der Waals surface area contributed by atoms with E-state index in [1.54, 1.807) is 11.2 Å². The first kappa shape index (κ1) is 23.1. The molecule has 0 bridgehead atoms. The number of hydrogen-bond donors (Lipinski definition) is 0. The fourth-order valence-corrected chi connectivity index (χ4v) is 89.6. The first-order valence-electron chi connectivity index (χ1n) is 10.2. The molecule has 1 aromatic rings. The molecule has 0 radical (unpaired) electrons. The van der Waals surface area contributed by atoms with E-state index < -0.39 is 39.0 Å². The van der Waals surface area contributed by atoms with Gasteiger partial charge in [-0.2, -0.15) is 0 Å². The third-order valence-electron chi connectivity index (χ3n) is 7.28. The standard InChI is InChI=1S/C20H41BrSi5/c1-22(2,3)20(23(4,5)6,24(7,8)9)26(21)17-19(26)25(10,11)18-15-13-12-14-16-18/h12-16,19H,17H2,1-11H3. The maximum Gasteiger partial charge on any atom is 0.129 e. The molecule has 0 nitrogen and oxygen atoms in total. The van der Waals surface area contributed by atoms with E-state index in [0.29, 0.717) is 0 Å². The van der Waals surface area contributed by atoms with Crippen molar-refractivity contribution in [3.05, 3.63) is 30.3 Å². The van der Waals surface area contributed by atoms with Crippen molar-refractivity contribution in [2.24, 2.45) is 0 Å². The minimum absolute atomic E-state index is 0.726. The molecule has 0 N–H and O–H groups in total. The highest BCUT2D eigenvalue weighted by molar-refractivity contribution is 9.27. The third kappa shape index (κ3) is 3.24. The van der Waals surface area contributed by atoms with Crippen LogP contribution in [-0.4, -0.2) is 39.0 Å². The van der Waals surface area contributed by atoms with Crippen LogP contribution in [-0.2, 0) is 0 Å². The van der Waals surface area contributed by atoms with Crippen molar-refractivity contribution in [2.75, 3.05) is 0 Å². The molecule has 0 aromatic heterocycles. The van der Waals surface area contributed by atoms with Crippen LogP contribution >= 0.6 is 15.3 Å². The van der Waals surface area contributed by atoms with Gasteiger partial charge in [0.2, 0.25) is 0 Å². The Morgan fingerprint density at radius 3 is 1.50 bits per heavy atom. The third-order valence-corrected chi connectivity index (χ3v) is 58.1. The van der Waals surface area contributed by atoms with E-state index in [1.165, 1.54) is 0 Å². The molecule has 1 saturated heterocycles. The molecular weight excluding hydrogens is 461 g/mol. The number of hydrogen-bond acceptors (Lipinski definition) is 0. The van der Waals surface area contributed by atoms with Crippen molar-refractivity contribution in [1.82, 2.24) is 0 Å². The van der Waals surface area contributed by atoms with Crippen molar-refractivity contribution in [2.45, 2.75) is 87.1 Å².